The van der Waals surface area contributed by atoms with E-state index < -0.39 is 11.1 Å². The third kappa shape index (κ3) is 2.49. The Kier molecular flexibility index (Phi) is 3.45. The summed E-state index contributed by atoms with van der Waals surface area (Å²) in [5.74, 6) is 2.85. The molecule has 1 saturated carbocycles. The third-order valence-corrected chi connectivity index (χ3v) is 6.04. The van der Waals surface area contributed by atoms with Gasteiger partial charge in [-0.1, -0.05) is 6.42 Å². The molecule has 1 saturated heterocycles. The summed E-state index contributed by atoms with van der Waals surface area (Å²) in [5, 5.41) is 4.63. The van der Waals surface area contributed by atoms with E-state index in [9.17, 15) is 9.59 Å². The summed E-state index contributed by atoms with van der Waals surface area (Å²) in [6, 6.07) is 3.89. The Labute approximate surface area is 144 Å². The molecule has 3 aliphatic rings. The van der Waals surface area contributed by atoms with Gasteiger partial charge in [0.05, 0.1) is 12.8 Å². The number of aromatic nitrogens is 3. The van der Waals surface area contributed by atoms with E-state index in [-0.39, 0.29) is 5.92 Å². The molecule has 2 aliphatic heterocycles. The van der Waals surface area contributed by atoms with Crippen molar-refractivity contribution in [2.24, 2.45) is 11.8 Å². The Morgan fingerprint density at radius 1 is 1.16 bits per heavy atom. The molecule has 5 rings (SSSR count). The Morgan fingerprint density at radius 3 is 2.76 bits per heavy atom. The molecule has 2 aromatic rings. The highest BCUT2D eigenvalue weighted by Crippen LogP contribution is 2.37. The molecule has 1 aliphatic carbocycles. The topological polar surface area (TPSA) is 73.3 Å². The van der Waals surface area contributed by atoms with Gasteiger partial charge in [-0.25, -0.2) is 4.68 Å². The second-order valence-electron chi connectivity index (χ2n) is 7.70. The van der Waals surface area contributed by atoms with Crippen LogP contribution in [0.25, 0.3) is 0 Å². The molecular weight excluding hydrogens is 320 g/mol. The van der Waals surface area contributed by atoms with Crippen LogP contribution in [0.3, 0.4) is 0 Å². The zero-order valence-corrected chi connectivity index (χ0v) is 14.1. The van der Waals surface area contributed by atoms with Crippen LogP contribution in [-0.4, -0.2) is 32.3 Å². The van der Waals surface area contributed by atoms with Crippen LogP contribution in [0, 0.1) is 11.8 Å². The lowest BCUT2D eigenvalue weighted by Crippen LogP contribution is -2.45. The van der Waals surface area contributed by atoms with Crippen molar-refractivity contribution < 1.29 is 4.42 Å². The van der Waals surface area contributed by atoms with E-state index in [1.165, 1.54) is 11.1 Å². The predicted molar refractivity (Wildman–Crippen MR) is 90.3 cm³/mol. The molecule has 0 unspecified atom stereocenters. The number of nitrogens with zero attached hydrogens (tertiary/aromatic N) is 4. The van der Waals surface area contributed by atoms with Gasteiger partial charge >= 0.3 is 11.1 Å². The van der Waals surface area contributed by atoms with Gasteiger partial charge in [-0.2, -0.15) is 5.10 Å². The first-order valence-electron chi connectivity index (χ1n) is 9.15. The molecule has 2 fully saturated rings. The minimum Gasteiger partial charge on any atom is -0.468 e. The molecule has 0 radical (unpaired) electrons. The van der Waals surface area contributed by atoms with Gasteiger partial charge in [0, 0.05) is 38.0 Å². The van der Waals surface area contributed by atoms with E-state index in [0.29, 0.717) is 24.9 Å². The molecule has 0 amide bonds. The van der Waals surface area contributed by atoms with E-state index in [1.54, 1.807) is 10.8 Å². The molecule has 4 heterocycles. The Bertz CT molecular complexity index is 894. The van der Waals surface area contributed by atoms with Crippen LogP contribution in [0.4, 0.5) is 0 Å². The van der Waals surface area contributed by atoms with Crippen LogP contribution in [0.5, 0.6) is 0 Å². The monoisotopic (exact) mass is 342 g/mol. The molecule has 0 spiro atoms. The summed E-state index contributed by atoms with van der Waals surface area (Å²) >= 11 is 0. The maximum atomic E-state index is 12.5. The number of hydrogen-bond donors (Lipinski definition) is 0. The predicted octanol–water partition coefficient (Wildman–Crippen LogP) is 1.03. The van der Waals surface area contributed by atoms with Gasteiger partial charge in [0.25, 0.3) is 0 Å². The average Bonchev–Trinajstić information content (AvgIpc) is 3.25. The van der Waals surface area contributed by atoms with E-state index in [4.69, 9.17) is 4.42 Å². The van der Waals surface area contributed by atoms with Crippen molar-refractivity contribution in [1.29, 1.82) is 0 Å². The minimum atomic E-state index is -0.455. The molecule has 0 bridgehead atoms. The quantitative estimate of drug-likeness (QED) is 0.776. The van der Waals surface area contributed by atoms with Gasteiger partial charge in [0.15, 0.2) is 0 Å². The molecule has 7 heteroatoms. The van der Waals surface area contributed by atoms with Crippen molar-refractivity contribution in [2.45, 2.75) is 44.8 Å². The van der Waals surface area contributed by atoms with Crippen LogP contribution in [0.15, 0.2) is 32.4 Å². The number of likely N-dealkylation sites (tertiary alicyclic amines) is 1. The van der Waals surface area contributed by atoms with Crippen molar-refractivity contribution in [3.8, 4) is 0 Å². The van der Waals surface area contributed by atoms with Crippen LogP contribution < -0.4 is 11.1 Å². The van der Waals surface area contributed by atoms with Gasteiger partial charge in [-0.05, 0) is 30.9 Å². The fourth-order valence-electron chi connectivity index (χ4n) is 4.47. The van der Waals surface area contributed by atoms with Gasteiger partial charge in [0.2, 0.25) is 0 Å². The average molecular weight is 342 g/mol. The first-order valence-corrected chi connectivity index (χ1v) is 9.15. The van der Waals surface area contributed by atoms with E-state index in [2.05, 4.69) is 10.00 Å². The highest BCUT2D eigenvalue weighted by molar-refractivity contribution is 5.12. The lowest BCUT2D eigenvalue weighted by molar-refractivity contribution is 0.255. The number of hydrogen-bond acceptors (Lipinski definition) is 5. The molecule has 0 N–H and O–H groups in total. The fourth-order valence-corrected chi connectivity index (χ4v) is 4.47. The lowest BCUT2D eigenvalue weighted by atomic mass is 9.85. The first-order chi connectivity index (χ1) is 12.2. The second-order valence-corrected chi connectivity index (χ2v) is 7.70. The summed E-state index contributed by atoms with van der Waals surface area (Å²) < 4.78 is 8.51. The fraction of sp³-hybridized carbons (Fsp3) is 0.611. The second kappa shape index (κ2) is 5.69. The maximum absolute atomic E-state index is 12.5. The van der Waals surface area contributed by atoms with E-state index in [1.807, 2.05) is 12.1 Å². The zero-order valence-electron chi connectivity index (χ0n) is 14.1. The largest absolute Gasteiger partial charge is 0.468 e. The van der Waals surface area contributed by atoms with Crippen molar-refractivity contribution >= 4 is 0 Å². The van der Waals surface area contributed by atoms with E-state index in [0.717, 1.165) is 44.1 Å². The summed E-state index contributed by atoms with van der Waals surface area (Å²) in [7, 11) is 0. The number of rotatable bonds is 4. The highest BCUT2D eigenvalue weighted by atomic mass is 16.3. The van der Waals surface area contributed by atoms with Crippen molar-refractivity contribution in [3.63, 3.8) is 0 Å². The summed E-state index contributed by atoms with van der Waals surface area (Å²) in [6.45, 7) is 3.76. The summed E-state index contributed by atoms with van der Waals surface area (Å²) in [6.07, 6.45) is 5.18. The van der Waals surface area contributed by atoms with Gasteiger partial charge < -0.3 is 4.42 Å². The highest BCUT2D eigenvalue weighted by Gasteiger charge is 2.42. The summed E-state index contributed by atoms with van der Waals surface area (Å²) in [4.78, 5) is 27.2. The first kappa shape index (κ1) is 15.1. The van der Waals surface area contributed by atoms with Crippen molar-refractivity contribution in [2.75, 3.05) is 13.1 Å². The zero-order chi connectivity index (χ0) is 17.0. The van der Waals surface area contributed by atoms with Crippen LogP contribution >= 0.6 is 0 Å². The third-order valence-electron chi connectivity index (χ3n) is 6.04. The normalized spacial score (nSPS) is 25.8. The molecule has 2 aromatic heterocycles. The molecule has 0 aromatic carbocycles. The maximum Gasteiger partial charge on any atom is 0.332 e. The molecule has 2 atom stereocenters. The Morgan fingerprint density at radius 2 is 2.04 bits per heavy atom. The van der Waals surface area contributed by atoms with Gasteiger partial charge in [0.1, 0.15) is 11.6 Å². The SMILES string of the molecule is O=c1c(=O)n2c(nn1CC1CCC1)[C@@H]1CN(Cc3ccco3)C[C@H]1C2. The molecule has 25 heavy (non-hydrogen) atoms. The van der Waals surface area contributed by atoms with Gasteiger partial charge in [-0.15, -0.1) is 0 Å². The van der Waals surface area contributed by atoms with Crippen LogP contribution in [-0.2, 0) is 19.6 Å². The van der Waals surface area contributed by atoms with Crippen LogP contribution in [0.2, 0.25) is 0 Å². The standard InChI is InChI=1S/C18H22N4O3/c23-17-18(24)22(7-12-3-1-4-12)19-16-15-11-20(8-13(15)9-21(16)17)10-14-5-2-6-25-14/h2,5-6,12-13,15H,1,3-4,7-11H2/t13-,15+/m0/s1. The molecule has 7 nitrogen and oxygen atoms in total. The molecular formula is C18H22N4O3. The Hall–Kier alpha value is -2.15. The summed E-state index contributed by atoms with van der Waals surface area (Å²) in [5.41, 5.74) is -0.848. The van der Waals surface area contributed by atoms with Crippen molar-refractivity contribution in [3.05, 3.63) is 50.7 Å². The van der Waals surface area contributed by atoms with Gasteiger partial charge in [-0.3, -0.25) is 19.1 Å². The van der Waals surface area contributed by atoms with Crippen LogP contribution in [0.1, 0.15) is 36.8 Å². The van der Waals surface area contributed by atoms with E-state index >= 15 is 0 Å². The minimum absolute atomic E-state index is 0.232. The number of furan rings is 1. The lowest BCUT2D eigenvalue weighted by Gasteiger charge is -2.25. The smallest absolute Gasteiger partial charge is 0.332 e. The Balaban J connectivity index is 1.41. The van der Waals surface area contributed by atoms with Crippen molar-refractivity contribution in [1.82, 2.24) is 19.2 Å². The number of fused-ring (bicyclic) bond motifs is 3. The molecule has 132 valence electrons.